The van der Waals surface area contributed by atoms with Gasteiger partial charge in [-0.15, -0.1) is 0 Å². The zero-order valence-corrected chi connectivity index (χ0v) is 16.3. The fourth-order valence-corrected chi connectivity index (χ4v) is 2.73. The molecule has 0 fully saturated rings. The Labute approximate surface area is 157 Å². The lowest BCUT2D eigenvalue weighted by molar-refractivity contribution is -0.116. The molecule has 0 unspecified atom stereocenters. The molecule has 2 rings (SSSR count). The molecule has 3 heteroatoms. The number of ether oxygens (including phenoxy) is 1. The normalized spacial score (nSPS) is 10.8. The van der Waals surface area contributed by atoms with Crippen molar-refractivity contribution in [3.63, 3.8) is 0 Å². The van der Waals surface area contributed by atoms with E-state index < -0.39 is 0 Å². The van der Waals surface area contributed by atoms with Crippen LogP contribution in [0.3, 0.4) is 0 Å². The summed E-state index contributed by atoms with van der Waals surface area (Å²) in [7, 11) is 0. The first-order chi connectivity index (χ1) is 12.6. The van der Waals surface area contributed by atoms with Crippen molar-refractivity contribution in [2.45, 2.75) is 58.8 Å². The highest BCUT2D eigenvalue weighted by Crippen LogP contribution is 2.19. The molecule has 140 valence electrons. The molecule has 0 aromatic heterocycles. The zero-order valence-electron chi connectivity index (χ0n) is 16.3. The highest BCUT2D eigenvalue weighted by Gasteiger charge is 2.04. The molecule has 26 heavy (non-hydrogen) atoms. The van der Waals surface area contributed by atoms with Gasteiger partial charge in [-0.1, -0.05) is 51.5 Å². The quantitative estimate of drug-likeness (QED) is 0.536. The number of unbranched alkanes of at least 4 members (excludes halogenated alkanes) is 1. The van der Waals surface area contributed by atoms with Gasteiger partial charge in [0.25, 0.3) is 0 Å². The van der Waals surface area contributed by atoms with E-state index in [1.54, 1.807) is 0 Å². The second kappa shape index (κ2) is 10.6. The van der Waals surface area contributed by atoms with Crippen LogP contribution in [0, 0.1) is 0 Å². The fourth-order valence-electron chi connectivity index (χ4n) is 2.73. The van der Waals surface area contributed by atoms with Crippen LogP contribution in [0.15, 0.2) is 48.5 Å². The van der Waals surface area contributed by atoms with Gasteiger partial charge in [0.15, 0.2) is 0 Å². The smallest absolute Gasteiger partial charge is 0.224 e. The molecular weight excluding hydrogens is 322 g/mol. The van der Waals surface area contributed by atoms with Crippen LogP contribution >= 0.6 is 0 Å². The molecule has 0 aliphatic carbocycles. The van der Waals surface area contributed by atoms with Crippen molar-refractivity contribution in [3.8, 4) is 5.75 Å². The Hall–Kier alpha value is -2.29. The Kier molecular flexibility index (Phi) is 8.20. The van der Waals surface area contributed by atoms with Gasteiger partial charge in [-0.05, 0) is 60.6 Å². The van der Waals surface area contributed by atoms with Gasteiger partial charge >= 0.3 is 0 Å². The number of carbonyl (C=O) groups excluding carboxylic acids is 1. The lowest BCUT2D eigenvalue weighted by atomic mass is 10.0. The first kappa shape index (κ1) is 20.0. The molecule has 0 saturated heterocycles. The monoisotopic (exact) mass is 353 g/mol. The van der Waals surface area contributed by atoms with Gasteiger partial charge in [0.1, 0.15) is 5.75 Å². The van der Waals surface area contributed by atoms with Gasteiger partial charge in [-0.25, -0.2) is 0 Å². The molecule has 2 aromatic rings. The van der Waals surface area contributed by atoms with Gasteiger partial charge in [0, 0.05) is 12.1 Å². The minimum Gasteiger partial charge on any atom is -0.494 e. The molecule has 1 N–H and O–H groups in total. The largest absolute Gasteiger partial charge is 0.494 e. The summed E-state index contributed by atoms with van der Waals surface area (Å²) in [6.45, 7) is 7.09. The van der Waals surface area contributed by atoms with Crippen molar-refractivity contribution in [1.29, 1.82) is 0 Å². The third kappa shape index (κ3) is 6.91. The summed E-state index contributed by atoms with van der Waals surface area (Å²) >= 11 is 0. The van der Waals surface area contributed by atoms with E-state index >= 15 is 0 Å². The second-order valence-corrected chi connectivity index (χ2v) is 7.02. The van der Waals surface area contributed by atoms with E-state index in [0.29, 0.717) is 25.4 Å². The minimum atomic E-state index is 0.0325. The number of nitrogens with one attached hydrogen (secondary N) is 1. The molecule has 0 bridgehead atoms. The van der Waals surface area contributed by atoms with Crippen LogP contribution in [0.5, 0.6) is 5.75 Å². The summed E-state index contributed by atoms with van der Waals surface area (Å²) in [6.07, 6.45) is 4.66. The number of anilines is 1. The Balaban J connectivity index is 1.67. The number of aryl methyl sites for hydroxylation is 1. The van der Waals surface area contributed by atoms with Crippen molar-refractivity contribution < 1.29 is 9.53 Å². The summed E-state index contributed by atoms with van der Waals surface area (Å²) < 4.78 is 5.71. The molecule has 1 amide bonds. The molecule has 0 spiro atoms. The van der Waals surface area contributed by atoms with Gasteiger partial charge in [-0.3, -0.25) is 4.79 Å². The summed E-state index contributed by atoms with van der Waals surface area (Å²) in [5.41, 5.74) is 3.49. The number of hydrogen-bond acceptors (Lipinski definition) is 2. The third-order valence-electron chi connectivity index (χ3n) is 4.42. The lowest BCUT2D eigenvalue weighted by Crippen LogP contribution is -2.12. The maximum atomic E-state index is 12.0. The van der Waals surface area contributed by atoms with Gasteiger partial charge in [0.05, 0.1) is 6.61 Å². The molecule has 0 heterocycles. The molecule has 2 aromatic carbocycles. The highest BCUT2D eigenvalue weighted by molar-refractivity contribution is 5.90. The van der Waals surface area contributed by atoms with Gasteiger partial charge in [0.2, 0.25) is 5.91 Å². The predicted molar refractivity (Wildman–Crippen MR) is 109 cm³/mol. The SMILES string of the molecule is CCCCc1ccc(NC(=O)CCCOc2ccc(C(C)C)cc2)cc1. The van der Waals surface area contributed by atoms with Crippen LogP contribution < -0.4 is 10.1 Å². The number of benzene rings is 2. The molecule has 0 saturated carbocycles. The van der Waals surface area contributed by atoms with Gasteiger partial charge in [-0.2, -0.15) is 0 Å². The molecule has 0 radical (unpaired) electrons. The Bertz CT molecular complexity index is 660. The Morgan fingerprint density at radius 2 is 1.69 bits per heavy atom. The topological polar surface area (TPSA) is 38.3 Å². The summed E-state index contributed by atoms with van der Waals surface area (Å²) in [5.74, 6) is 1.41. The fraction of sp³-hybridized carbons (Fsp3) is 0.435. The summed E-state index contributed by atoms with van der Waals surface area (Å²) in [6, 6.07) is 16.3. The van der Waals surface area contributed by atoms with E-state index in [2.05, 4.69) is 50.4 Å². The van der Waals surface area contributed by atoms with Crippen molar-refractivity contribution in [3.05, 3.63) is 59.7 Å². The molecule has 0 aliphatic rings. The van der Waals surface area contributed by atoms with Crippen molar-refractivity contribution in [1.82, 2.24) is 0 Å². The lowest BCUT2D eigenvalue weighted by Gasteiger charge is -2.09. The first-order valence-corrected chi connectivity index (χ1v) is 9.70. The van der Waals surface area contributed by atoms with Crippen molar-refractivity contribution in [2.75, 3.05) is 11.9 Å². The second-order valence-electron chi connectivity index (χ2n) is 7.02. The molecule has 0 atom stereocenters. The van der Waals surface area contributed by atoms with Crippen LogP contribution in [0.2, 0.25) is 0 Å². The van der Waals surface area contributed by atoms with Crippen molar-refractivity contribution >= 4 is 11.6 Å². The number of amides is 1. The maximum absolute atomic E-state index is 12.0. The van der Waals surface area contributed by atoms with Crippen LogP contribution in [0.4, 0.5) is 5.69 Å². The summed E-state index contributed by atoms with van der Waals surface area (Å²) in [4.78, 5) is 12.0. The Morgan fingerprint density at radius 1 is 1.00 bits per heavy atom. The average molecular weight is 354 g/mol. The third-order valence-corrected chi connectivity index (χ3v) is 4.42. The van der Waals surface area contributed by atoms with Gasteiger partial charge < -0.3 is 10.1 Å². The van der Waals surface area contributed by atoms with Crippen LogP contribution in [-0.4, -0.2) is 12.5 Å². The molecule has 0 aliphatic heterocycles. The first-order valence-electron chi connectivity index (χ1n) is 9.70. The van der Waals surface area contributed by atoms with E-state index in [1.165, 1.54) is 24.0 Å². The zero-order chi connectivity index (χ0) is 18.8. The van der Waals surface area contributed by atoms with Crippen LogP contribution in [-0.2, 0) is 11.2 Å². The predicted octanol–water partition coefficient (Wildman–Crippen LogP) is 5.95. The van der Waals surface area contributed by atoms with E-state index in [0.717, 1.165) is 17.9 Å². The van der Waals surface area contributed by atoms with Crippen LogP contribution in [0.1, 0.15) is 63.5 Å². The molecular formula is C23H31NO2. The summed E-state index contributed by atoms with van der Waals surface area (Å²) in [5, 5.41) is 2.95. The standard InChI is InChI=1S/C23H31NO2/c1-4-5-7-19-9-13-21(14-10-19)24-23(25)8-6-17-26-22-15-11-20(12-16-22)18(2)3/h9-16,18H,4-8,17H2,1-3H3,(H,24,25). The van der Waals surface area contributed by atoms with Crippen molar-refractivity contribution in [2.24, 2.45) is 0 Å². The average Bonchev–Trinajstić information content (AvgIpc) is 2.65. The molecule has 3 nitrogen and oxygen atoms in total. The van der Waals surface area contributed by atoms with Crippen LogP contribution in [0.25, 0.3) is 0 Å². The number of carbonyl (C=O) groups is 1. The Morgan fingerprint density at radius 3 is 2.31 bits per heavy atom. The van der Waals surface area contributed by atoms with E-state index in [1.807, 2.05) is 24.3 Å². The minimum absolute atomic E-state index is 0.0325. The van der Waals surface area contributed by atoms with E-state index in [4.69, 9.17) is 4.74 Å². The highest BCUT2D eigenvalue weighted by atomic mass is 16.5. The van der Waals surface area contributed by atoms with E-state index in [9.17, 15) is 4.79 Å². The number of rotatable bonds is 10. The number of hydrogen-bond donors (Lipinski definition) is 1. The maximum Gasteiger partial charge on any atom is 0.224 e. The van der Waals surface area contributed by atoms with E-state index in [-0.39, 0.29) is 5.91 Å².